The number of amides is 1. The van der Waals surface area contributed by atoms with Crippen molar-refractivity contribution in [3.63, 3.8) is 0 Å². The van der Waals surface area contributed by atoms with Crippen molar-refractivity contribution in [2.45, 2.75) is 123 Å². The number of carbonyl (C=O) groups excluding carboxylic acids is 1. The highest BCUT2D eigenvalue weighted by Gasteiger charge is 2.53. The van der Waals surface area contributed by atoms with Crippen molar-refractivity contribution in [2.75, 3.05) is 0 Å². The molecule has 2 aliphatic rings. The van der Waals surface area contributed by atoms with Crippen LogP contribution in [0.5, 0.6) is 0 Å². The Morgan fingerprint density at radius 1 is 1.22 bits per heavy atom. The molecule has 5 nitrogen and oxygen atoms in total. The average Bonchev–Trinajstić information content (AvgIpc) is 2.77. The van der Waals surface area contributed by atoms with E-state index in [0.717, 1.165) is 6.42 Å². The van der Waals surface area contributed by atoms with Gasteiger partial charge in [-0.3, -0.25) is 4.90 Å². The standard InChI is InChI=1S/C22H41NO4/c1-15(2)13-18(24)19-17(14-16-11-9-8-10-12-16)23(22(6,7)26-19)20(25)27-21(3,4)5/h15-19,24H,8-14H2,1-7H3/t17-,18?,19+/m0/s1. The van der Waals surface area contributed by atoms with Gasteiger partial charge in [0.05, 0.1) is 12.1 Å². The van der Waals surface area contributed by atoms with Crippen molar-refractivity contribution in [3.05, 3.63) is 0 Å². The lowest BCUT2D eigenvalue weighted by Gasteiger charge is -2.37. The van der Waals surface area contributed by atoms with Crippen molar-refractivity contribution in [3.8, 4) is 0 Å². The maximum Gasteiger partial charge on any atom is 0.412 e. The van der Waals surface area contributed by atoms with Crippen LogP contribution in [-0.4, -0.2) is 45.7 Å². The van der Waals surface area contributed by atoms with Crippen LogP contribution in [0.1, 0.15) is 93.4 Å². The molecule has 0 aromatic rings. The quantitative estimate of drug-likeness (QED) is 0.717. The van der Waals surface area contributed by atoms with E-state index in [9.17, 15) is 9.90 Å². The van der Waals surface area contributed by atoms with Gasteiger partial charge in [0.25, 0.3) is 0 Å². The topological polar surface area (TPSA) is 59.0 Å². The lowest BCUT2D eigenvalue weighted by molar-refractivity contribution is -0.106. The minimum atomic E-state index is -0.787. The third-order valence-electron chi connectivity index (χ3n) is 5.70. The van der Waals surface area contributed by atoms with E-state index >= 15 is 0 Å². The number of hydrogen-bond donors (Lipinski definition) is 1. The van der Waals surface area contributed by atoms with Gasteiger partial charge < -0.3 is 14.6 Å². The lowest BCUT2D eigenvalue weighted by atomic mass is 9.82. The summed E-state index contributed by atoms with van der Waals surface area (Å²) in [5.74, 6) is 0.956. The summed E-state index contributed by atoms with van der Waals surface area (Å²) in [6, 6.07) is -0.147. The molecule has 1 amide bonds. The van der Waals surface area contributed by atoms with Crippen molar-refractivity contribution in [2.24, 2.45) is 11.8 Å². The molecule has 0 aromatic heterocycles. The molecule has 2 rings (SSSR count). The highest BCUT2D eigenvalue weighted by Crippen LogP contribution is 2.41. The number of aliphatic hydroxyl groups excluding tert-OH is 1. The third-order valence-corrected chi connectivity index (χ3v) is 5.70. The molecule has 1 heterocycles. The maximum atomic E-state index is 13.1. The van der Waals surface area contributed by atoms with Crippen LogP contribution in [0.15, 0.2) is 0 Å². The minimum absolute atomic E-state index is 0.147. The molecule has 2 fully saturated rings. The monoisotopic (exact) mass is 383 g/mol. The Balaban J connectivity index is 2.26. The molecule has 3 atom stereocenters. The van der Waals surface area contributed by atoms with E-state index in [-0.39, 0.29) is 18.2 Å². The molecular formula is C22H41NO4. The van der Waals surface area contributed by atoms with Gasteiger partial charge in [0, 0.05) is 0 Å². The first-order chi connectivity index (χ1) is 12.4. The normalized spacial score (nSPS) is 27.8. The van der Waals surface area contributed by atoms with Gasteiger partial charge >= 0.3 is 6.09 Å². The summed E-state index contributed by atoms with van der Waals surface area (Å²) >= 11 is 0. The van der Waals surface area contributed by atoms with Gasteiger partial charge in [-0.1, -0.05) is 46.0 Å². The van der Waals surface area contributed by atoms with Crippen molar-refractivity contribution < 1.29 is 19.4 Å². The smallest absolute Gasteiger partial charge is 0.412 e. The van der Waals surface area contributed by atoms with E-state index in [1.54, 1.807) is 4.90 Å². The summed E-state index contributed by atoms with van der Waals surface area (Å²) in [6.45, 7) is 13.7. The van der Waals surface area contributed by atoms with E-state index in [1.165, 1.54) is 32.1 Å². The Morgan fingerprint density at radius 2 is 1.81 bits per heavy atom. The molecule has 1 aliphatic heterocycles. The molecule has 27 heavy (non-hydrogen) atoms. The highest BCUT2D eigenvalue weighted by atomic mass is 16.6. The van der Waals surface area contributed by atoms with Crippen LogP contribution in [0.4, 0.5) is 4.79 Å². The van der Waals surface area contributed by atoms with Crippen LogP contribution in [0.3, 0.4) is 0 Å². The summed E-state index contributed by atoms with van der Waals surface area (Å²) in [6.07, 6.45) is 6.48. The number of ether oxygens (including phenoxy) is 2. The van der Waals surface area contributed by atoms with Crippen molar-refractivity contribution in [1.82, 2.24) is 4.90 Å². The molecular weight excluding hydrogens is 342 g/mol. The molecule has 1 N–H and O–H groups in total. The van der Waals surface area contributed by atoms with Crippen LogP contribution >= 0.6 is 0 Å². The predicted molar refractivity (Wildman–Crippen MR) is 107 cm³/mol. The number of carbonyl (C=O) groups is 1. The van der Waals surface area contributed by atoms with Crippen molar-refractivity contribution in [1.29, 1.82) is 0 Å². The van der Waals surface area contributed by atoms with E-state index < -0.39 is 17.4 Å². The zero-order valence-electron chi connectivity index (χ0n) is 18.5. The molecule has 1 unspecified atom stereocenters. The van der Waals surface area contributed by atoms with Gasteiger partial charge in [0.15, 0.2) is 0 Å². The number of aliphatic hydroxyl groups is 1. The fraction of sp³-hybridized carbons (Fsp3) is 0.955. The summed E-state index contributed by atoms with van der Waals surface area (Å²) in [5.41, 5.74) is -1.35. The van der Waals surface area contributed by atoms with Gasteiger partial charge in [0.1, 0.15) is 17.4 Å². The second-order valence-electron chi connectivity index (χ2n) is 10.4. The van der Waals surface area contributed by atoms with Crippen LogP contribution in [-0.2, 0) is 9.47 Å². The first-order valence-corrected chi connectivity index (χ1v) is 10.8. The van der Waals surface area contributed by atoms with E-state index in [2.05, 4.69) is 13.8 Å². The number of nitrogens with zero attached hydrogens (tertiary/aromatic N) is 1. The molecule has 0 aromatic carbocycles. The minimum Gasteiger partial charge on any atom is -0.444 e. The average molecular weight is 384 g/mol. The first-order valence-electron chi connectivity index (χ1n) is 10.8. The Morgan fingerprint density at radius 3 is 2.33 bits per heavy atom. The van der Waals surface area contributed by atoms with Gasteiger partial charge in [-0.2, -0.15) is 0 Å². The highest BCUT2D eigenvalue weighted by molar-refractivity contribution is 5.70. The van der Waals surface area contributed by atoms with E-state index in [1.807, 2.05) is 34.6 Å². The molecule has 0 radical (unpaired) electrons. The van der Waals surface area contributed by atoms with Crippen molar-refractivity contribution >= 4 is 6.09 Å². The number of hydrogen-bond acceptors (Lipinski definition) is 4. The largest absolute Gasteiger partial charge is 0.444 e. The SMILES string of the molecule is CC(C)CC(O)[C@@H]1OC(C)(C)N(C(=O)OC(C)(C)C)[C@H]1CC1CCCCC1. The molecule has 5 heteroatoms. The number of rotatable bonds is 5. The molecule has 1 saturated carbocycles. The van der Waals surface area contributed by atoms with E-state index in [0.29, 0.717) is 18.3 Å². The predicted octanol–water partition coefficient (Wildman–Crippen LogP) is 5.10. The second-order valence-corrected chi connectivity index (χ2v) is 10.4. The van der Waals surface area contributed by atoms with Gasteiger partial charge in [-0.25, -0.2) is 4.79 Å². The van der Waals surface area contributed by atoms with E-state index in [4.69, 9.17) is 9.47 Å². The third kappa shape index (κ3) is 6.08. The second kappa shape index (κ2) is 8.69. The maximum absolute atomic E-state index is 13.1. The van der Waals surface area contributed by atoms with Crippen LogP contribution in [0.2, 0.25) is 0 Å². The first kappa shape index (κ1) is 22.5. The van der Waals surface area contributed by atoms with Gasteiger partial charge in [0.2, 0.25) is 0 Å². The lowest BCUT2D eigenvalue weighted by Crippen LogP contribution is -2.51. The molecule has 0 spiro atoms. The van der Waals surface area contributed by atoms with Gasteiger partial charge in [-0.05, 0) is 59.3 Å². The Hall–Kier alpha value is -0.810. The Bertz CT molecular complexity index is 491. The van der Waals surface area contributed by atoms with Crippen LogP contribution < -0.4 is 0 Å². The summed E-state index contributed by atoms with van der Waals surface area (Å²) in [4.78, 5) is 14.8. The fourth-order valence-electron chi connectivity index (χ4n) is 4.64. The molecule has 0 bridgehead atoms. The molecule has 1 aliphatic carbocycles. The van der Waals surface area contributed by atoms with Crippen LogP contribution in [0.25, 0.3) is 0 Å². The Kier molecular flexibility index (Phi) is 7.23. The summed E-state index contributed by atoms with van der Waals surface area (Å²) in [7, 11) is 0. The zero-order chi connectivity index (χ0) is 20.4. The molecule has 158 valence electrons. The van der Waals surface area contributed by atoms with Gasteiger partial charge in [-0.15, -0.1) is 0 Å². The zero-order valence-corrected chi connectivity index (χ0v) is 18.5. The Labute approximate surface area is 165 Å². The molecule has 1 saturated heterocycles. The summed E-state index contributed by atoms with van der Waals surface area (Å²) in [5, 5.41) is 10.9. The fourth-order valence-corrected chi connectivity index (χ4v) is 4.64. The van der Waals surface area contributed by atoms with Crippen LogP contribution in [0, 0.1) is 11.8 Å². The summed E-state index contributed by atoms with van der Waals surface area (Å²) < 4.78 is 12.0.